The van der Waals surface area contributed by atoms with Crippen LogP contribution in [-0.2, 0) is 0 Å². The van der Waals surface area contributed by atoms with Crippen LogP contribution >= 0.6 is 0 Å². The quantitative estimate of drug-likeness (QED) is 0.639. The molecule has 2 aromatic rings. The summed E-state index contributed by atoms with van der Waals surface area (Å²) in [6.45, 7) is 4.33. The molecule has 2 rings (SSSR count). The number of nitrogens with zero attached hydrogens (tertiary/aromatic N) is 3. The topological polar surface area (TPSA) is 30.2 Å². The average molecular weight is 161 g/mol. The molecule has 0 aliphatic heterocycles. The maximum Gasteiger partial charge on any atom is 0.155 e. The highest BCUT2D eigenvalue weighted by Crippen LogP contribution is 2.13. The SMILES string of the molecule is CC(C)c1ccc2ncnn2c1. The smallest absolute Gasteiger partial charge is 0.155 e. The molecule has 0 unspecified atom stereocenters. The zero-order valence-corrected chi connectivity index (χ0v) is 7.23. The molecule has 0 bridgehead atoms. The van der Waals surface area contributed by atoms with Crippen molar-refractivity contribution in [3.63, 3.8) is 0 Å². The number of hydrogen-bond acceptors (Lipinski definition) is 2. The Kier molecular flexibility index (Phi) is 1.57. The van der Waals surface area contributed by atoms with Crippen LogP contribution in [0.1, 0.15) is 25.3 Å². The standard InChI is InChI=1S/C9H11N3/c1-7(2)8-3-4-9-10-6-11-12(9)5-8/h3-7H,1-2H3. The highest BCUT2D eigenvalue weighted by atomic mass is 15.3. The molecule has 0 aliphatic carbocycles. The van der Waals surface area contributed by atoms with Crippen molar-refractivity contribution in [1.82, 2.24) is 14.6 Å². The van der Waals surface area contributed by atoms with Gasteiger partial charge in [-0.1, -0.05) is 19.9 Å². The highest BCUT2D eigenvalue weighted by Gasteiger charge is 2.00. The van der Waals surface area contributed by atoms with E-state index in [1.54, 1.807) is 10.8 Å². The van der Waals surface area contributed by atoms with Crippen LogP contribution < -0.4 is 0 Å². The van der Waals surface area contributed by atoms with Crippen LogP contribution in [0.3, 0.4) is 0 Å². The molecule has 0 amide bonds. The van der Waals surface area contributed by atoms with Crippen LogP contribution in [0.5, 0.6) is 0 Å². The number of hydrogen-bond donors (Lipinski definition) is 0. The average Bonchev–Trinajstić information content (AvgIpc) is 2.49. The lowest BCUT2D eigenvalue weighted by atomic mass is 10.1. The first-order valence-corrected chi connectivity index (χ1v) is 4.06. The Morgan fingerprint density at radius 2 is 2.17 bits per heavy atom. The molecule has 0 atom stereocenters. The predicted octanol–water partition coefficient (Wildman–Crippen LogP) is 1.85. The fourth-order valence-corrected chi connectivity index (χ4v) is 1.17. The van der Waals surface area contributed by atoms with Gasteiger partial charge in [0.05, 0.1) is 0 Å². The van der Waals surface area contributed by atoms with E-state index < -0.39 is 0 Å². The molecule has 0 saturated heterocycles. The van der Waals surface area contributed by atoms with E-state index in [4.69, 9.17) is 0 Å². The van der Waals surface area contributed by atoms with E-state index in [0.29, 0.717) is 5.92 Å². The molecule has 2 aromatic heterocycles. The molecule has 0 aromatic carbocycles. The number of pyridine rings is 1. The molecule has 0 saturated carbocycles. The van der Waals surface area contributed by atoms with Gasteiger partial charge in [0.1, 0.15) is 6.33 Å². The van der Waals surface area contributed by atoms with Crippen molar-refractivity contribution in [2.24, 2.45) is 0 Å². The van der Waals surface area contributed by atoms with E-state index in [1.807, 2.05) is 12.3 Å². The Morgan fingerprint density at radius 3 is 2.92 bits per heavy atom. The second-order valence-electron chi connectivity index (χ2n) is 3.18. The maximum atomic E-state index is 4.07. The normalized spacial score (nSPS) is 11.2. The predicted molar refractivity (Wildman–Crippen MR) is 47.1 cm³/mol. The summed E-state index contributed by atoms with van der Waals surface area (Å²) in [5.74, 6) is 0.540. The lowest BCUT2D eigenvalue weighted by molar-refractivity contribution is 0.835. The maximum absolute atomic E-state index is 4.07. The van der Waals surface area contributed by atoms with Crippen molar-refractivity contribution in [2.75, 3.05) is 0 Å². The van der Waals surface area contributed by atoms with Crippen molar-refractivity contribution in [1.29, 1.82) is 0 Å². The van der Waals surface area contributed by atoms with Crippen LogP contribution in [0, 0.1) is 0 Å². The Morgan fingerprint density at radius 1 is 1.33 bits per heavy atom. The molecule has 0 spiro atoms. The summed E-state index contributed by atoms with van der Waals surface area (Å²) in [5.41, 5.74) is 2.19. The summed E-state index contributed by atoms with van der Waals surface area (Å²) in [5, 5.41) is 4.07. The van der Waals surface area contributed by atoms with Crippen molar-refractivity contribution in [3.8, 4) is 0 Å². The van der Waals surface area contributed by atoms with Crippen molar-refractivity contribution < 1.29 is 0 Å². The fraction of sp³-hybridized carbons (Fsp3) is 0.333. The van der Waals surface area contributed by atoms with E-state index in [9.17, 15) is 0 Å². The largest absolute Gasteiger partial charge is 0.221 e. The minimum atomic E-state index is 0.540. The minimum Gasteiger partial charge on any atom is -0.221 e. The highest BCUT2D eigenvalue weighted by molar-refractivity contribution is 5.37. The first-order valence-electron chi connectivity index (χ1n) is 4.06. The number of rotatable bonds is 1. The third-order valence-electron chi connectivity index (χ3n) is 1.96. The van der Waals surface area contributed by atoms with Gasteiger partial charge in [-0.3, -0.25) is 0 Å². The molecular formula is C9H11N3. The summed E-state index contributed by atoms with van der Waals surface area (Å²) >= 11 is 0. The number of aromatic nitrogens is 3. The van der Waals surface area contributed by atoms with Gasteiger partial charge in [0.25, 0.3) is 0 Å². The summed E-state index contributed by atoms with van der Waals surface area (Å²) in [7, 11) is 0. The lowest BCUT2D eigenvalue weighted by Gasteiger charge is -2.03. The van der Waals surface area contributed by atoms with Gasteiger partial charge in [0.15, 0.2) is 5.65 Å². The molecule has 62 valence electrons. The van der Waals surface area contributed by atoms with Gasteiger partial charge in [-0.2, -0.15) is 5.10 Å². The fourth-order valence-electron chi connectivity index (χ4n) is 1.17. The van der Waals surface area contributed by atoms with E-state index in [1.165, 1.54) is 5.56 Å². The Bertz CT molecular complexity index is 389. The summed E-state index contributed by atoms with van der Waals surface area (Å²) in [6.07, 6.45) is 3.59. The monoisotopic (exact) mass is 161 g/mol. The van der Waals surface area contributed by atoms with E-state index in [-0.39, 0.29) is 0 Å². The van der Waals surface area contributed by atoms with Crippen LogP contribution in [0.15, 0.2) is 24.7 Å². The van der Waals surface area contributed by atoms with Crippen molar-refractivity contribution in [3.05, 3.63) is 30.2 Å². The van der Waals surface area contributed by atoms with Crippen LogP contribution in [0.4, 0.5) is 0 Å². The molecule has 12 heavy (non-hydrogen) atoms. The van der Waals surface area contributed by atoms with Gasteiger partial charge < -0.3 is 0 Å². The van der Waals surface area contributed by atoms with Gasteiger partial charge in [-0.05, 0) is 17.5 Å². The molecule has 0 fully saturated rings. The van der Waals surface area contributed by atoms with E-state index in [0.717, 1.165) is 5.65 Å². The van der Waals surface area contributed by atoms with Gasteiger partial charge in [0.2, 0.25) is 0 Å². The molecule has 3 heteroatoms. The summed E-state index contributed by atoms with van der Waals surface area (Å²) < 4.78 is 1.80. The van der Waals surface area contributed by atoms with Gasteiger partial charge in [-0.25, -0.2) is 9.50 Å². The first kappa shape index (κ1) is 7.28. The summed E-state index contributed by atoms with van der Waals surface area (Å²) in [6, 6.07) is 4.08. The van der Waals surface area contributed by atoms with Crippen molar-refractivity contribution in [2.45, 2.75) is 19.8 Å². The third-order valence-corrected chi connectivity index (χ3v) is 1.96. The third kappa shape index (κ3) is 1.07. The Hall–Kier alpha value is -1.38. The molecule has 0 radical (unpaired) electrons. The zero-order chi connectivity index (χ0) is 8.55. The molecule has 3 nitrogen and oxygen atoms in total. The van der Waals surface area contributed by atoms with Crippen molar-refractivity contribution >= 4 is 5.65 Å². The van der Waals surface area contributed by atoms with Crippen LogP contribution in [-0.4, -0.2) is 14.6 Å². The molecule has 0 aliphatic rings. The van der Waals surface area contributed by atoms with E-state index in [2.05, 4.69) is 30.0 Å². The van der Waals surface area contributed by atoms with Crippen LogP contribution in [0.2, 0.25) is 0 Å². The lowest BCUT2D eigenvalue weighted by Crippen LogP contribution is -1.93. The van der Waals surface area contributed by atoms with Gasteiger partial charge >= 0.3 is 0 Å². The van der Waals surface area contributed by atoms with E-state index >= 15 is 0 Å². The Balaban J connectivity index is 2.60. The van der Waals surface area contributed by atoms with Gasteiger partial charge in [-0.15, -0.1) is 0 Å². The Labute approximate surface area is 71.1 Å². The zero-order valence-electron chi connectivity index (χ0n) is 7.23. The molecular weight excluding hydrogens is 150 g/mol. The molecule has 0 N–H and O–H groups in total. The second kappa shape index (κ2) is 2.59. The molecule has 2 heterocycles. The number of fused-ring (bicyclic) bond motifs is 1. The second-order valence-corrected chi connectivity index (χ2v) is 3.18. The van der Waals surface area contributed by atoms with Gasteiger partial charge in [0, 0.05) is 6.20 Å². The minimum absolute atomic E-state index is 0.540. The first-order chi connectivity index (χ1) is 5.77. The summed E-state index contributed by atoms with van der Waals surface area (Å²) in [4.78, 5) is 4.07. The van der Waals surface area contributed by atoms with Crippen LogP contribution in [0.25, 0.3) is 5.65 Å².